The molecule has 0 radical (unpaired) electrons. The van der Waals surface area contributed by atoms with E-state index in [1.165, 1.54) is 0 Å². The third-order valence-corrected chi connectivity index (χ3v) is 3.03. The van der Waals surface area contributed by atoms with Crippen LogP contribution in [0.3, 0.4) is 0 Å². The molecule has 0 aliphatic carbocycles. The molecule has 0 bridgehead atoms. The van der Waals surface area contributed by atoms with Crippen molar-refractivity contribution in [3.8, 4) is 0 Å². The highest BCUT2D eigenvalue weighted by Crippen LogP contribution is 2.20. The number of likely N-dealkylation sites (tertiary alicyclic amines) is 1. The van der Waals surface area contributed by atoms with E-state index in [2.05, 4.69) is 5.32 Å². The van der Waals surface area contributed by atoms with Crippen molar-refractivity contribution in [2.75, 3.05) is 26.2 Å². The number of nitrogens with zero attached hydrogens (tertiary/aromatic N) is 1. The molecule has 1 aliphatic heterocycles. The van der Waals surface area contributed by atoms with Gasteiger partial charge in [-0.1, -0.05) is 20.8 Å². The van der Waals surface area contributed by atoms with Gasteiger partial charge in [0.05, 0.1) is 6.04 Å². The van der Waals surface area contributed by atoms with E-state index in [4.69, 9.17) is 0 Å². The summed E-state index contributed by atoms with van der Waals surface area (Å²) in [6, 6.07) is -0.0201. The van der Waals surface area contributed by atoms with Gasteiger partial charge in [0.15, 0.2) is 0 Å². The summed E-state index contributed by atoms with van der Waals surface area (Å²) in [5.74, 6) is 0.189. The average molecular weight is 228 g/mol. The van der Waals surface area contributed by atoms with Crippen LogP contribution in [0, 0.1) is 5.41 Å². The van der Waals surface area contributed by atoms with Gasteiger partial charge in [0.1, 0.15) is 0 Å². The van der Waals surface area contributed by atoms with Crippen molar-refractivity contribution in [3.63, 3.8) is 0 Å². The number of carbonyl (C=O) groups is 1. The maximum absolute atomic E-state index is 12.1. The van der Waals surface area contributed by atoms with Crippen molar-refractivity contribution < 1.29 is 9.90 Å². The first-order valence-corrected chi connectivity index (χ1v) is 6.13. The molecule has 1 rings (SSSR count). The van der Waals surface area contributed by atoms with Gasteiger partial charge < -0.3 is 15.3 Å². The van der Waals surface area contributed by atoms with E-state index >= 15 is 0 Å². The molecule has 1 heterocycles. The van der Waals surface area contributed by atoms with Crippen LogP contribution in [-0.4, -0.2) is 48.2 Å². The second kappa shape index (κ2) is 5.64. The molecule has 94 valence electrons. The Labute approximate surface area is 98.0 Å². The van der Waals surface area contributed by atoms with E-state index in [-0.39, 0.29) is 24.0 Å². The molecule has 1 aliphatic rings. The first-order chi connectivity index (χ1) is 7.50. The smallest absolute Gasteiger partial charge is 0.239 e. The van der Waals surface area contributed by atoms with E-state index < -0.39 is 0 Å². The van der Waals surface area contributed by atoms with Crippen LogP contribution < -0.4 is 5.32 Å². The maximum atomic E-state index is 12.1. The number of hydrogen-bond acceptors (Lipinski definition) is 3. The summed E-state index contributed by atoms with van der Waals surface area (Å²) in [7, 11) is 0. The van der Waals surface area contributed by atoms with Crippen molar-refractivity contribution in [2.45, 2.75) is 39.7 Å². The lowest BCUT2D eigenvalue weighted by molar-refractivity contribution is -0.137. The molecule has 4 heteroatoms. The van der Waals surface area contributed by atoms with Gasteiger partial charge in [-0.25, -0.2) is 0 Å². The predicted octanol–water partition coefficient (Wildman–Crippen LogP) is 0.605. The Morgan fingerprint density at radius 1 is 1.56 bits per heavy atom. The molecule has 0 aromatic heterocycles. The fourth-order valence-electron chi connectivity index (χ4n) is 2.10. The minimum Gasteiger partial charge on any atom is -0.396 e. The molecule has 1 amide bonds. The number of nitrogens with one attached hydrogen (secondary N) is 1. The number of aliphatic hydroxyl groups excluding tert-OH is 1. The van der Waals surface area contributed by atoms with Crippen LogP contribution in [0.25, 0.3) is 0 Å². The largest absolute Gasteiger partial charge is 0.396 e. The van der Waals surface area contributed by atoms with Gasteiger partial charge in [0, 0.05) is 25.1 Å². The fraction of sp³-hybridized carbons (Fsp3) is 0.917. The van der Waals surface area contributed by atoms with Gasteiger partial charge in [0.25, 0.3) is 0 Å². The average Bonchev–Trinajstić information content (AvgIpc) is 2.24. The maximum Gasteiger partial charge on any atom is 0.239 e. The number of aliphatic hydroxyl groups is 1. The van der Waals surface area contributed by atoms with Crippen LogP contribution in [0.4, 0.5) is 0 Å². The number of likely N-dealkylation sites (N-methyl/N-ethyl adjacent to an activating group) is 1. The predicted molar refractivity (Wildman–Crippen MR) is 64.1 cm³/mol. The lowest BCUT2D eigenvalue weighted by Crippen LogP contribution is -2.53. The fourth-order valence-corrected chi connectivity index (χ4v) is 2.10. The second-order valence-corrected chi connectivity index (χ2v) is 5.33. The number of hydrogen-bond donors (Lipinski definition) is 2. The third-order valence-electron chi connectivity index (χ3n) is 3.03. The van der Waals surface area contributed by atoms with E-state index in [1.807, 2.05) is 25.7 Å². The van der Waals surface area contributed by atoms with E-state index in [1.54, 1.807) is 0 Å². The lowest BCUT2D eigenvalue weighted by Gasteiger charge is -2.37. The Hall–Kier alpha value is -0.610. The van der Waals surface area contributed by atoms with Crippen LogP contribution >= 0.6 is 0 Å². The highest BCUT2D eigenvalue weighted by atomic mass is 16.3. The van der Waals surface area contributed by atoms with Crippen LogP contribution in [0.15, 0.2) is 0 Å². The van der Waals surface area contributed by atoms with Gasteiger partial charge in [-0.2, -0.15) is 0 Å². The van der Waals surface area contributed by atoms with E-state index in [9.17, 15) is 9.90 Å². The van der Waals surface area contributed by atoms with Crippen molar-refractivity contribution >= 4 is 5.91 Å². The minimum atomic E-state index is -0.205. The summed E-state index contributed by atoms with van der Waals surface area (Å²) in [5.41, 5.74) is -0.205. The van der Waals surface area contributed by atoms with E-state index in [0.29, 0.717) is 6.54 Å². The molecular formula is C12H24N2O2. The molecule has 0 aromatic rings. The summed E-state index contributed by atoms with van der Waals surface area (Å²) < 4.78 is 0. The Morgan fingerprint density at radius 3 is 2.81 bits per heavy atom. The Bertz CT molecular complexity index is 239. The molecule has 1 atom stereocenters. The molecule has 0 spiro atoms. The molecule has 16 heavy (non-hydrogen) atoms. The van der Waals surface area contributed by atoms with Gasteiger partial charge >= 0.3 is 0 Å². The molecule has 1 saturated heterocycles. The zero-order chi connectivity index (χ0) is 12.2. The van der Waals surface area contributed by atoms with Gasteiger partial charge in [-0.05, 0) is 19.4 Å². The first kappa shape index (κ1) is 13.5. The van der Waals surface area contributed by atoms with Gasteiger partial charge in [-0.3, -0.25) is 4.79 Å². The van der Waals surface area contributed by atoms with Crippen LogP contribution in [0.1, 0.15) is 33.6 Å². The Balaban J connectivity index is 2.57. The number of piperidine rings is 1. The number of carbonyl (C=O) groups excluding carboxylic acids is 1. The molecular weight excluding hydrogens is 204 g/mol. The summed E-state index contributed by atoms with van der Waals surface area (Å²) >= 11 is 0. The number of rotatable bonds is 5. The summed E-state index contributed by atoms with van der Waals surface area (Å²) in [5, 5.41) is 12.4. The molecule has 1 unspecified atom stereocenters. The van der Waals surface area contributed by atoms with E-state index in [0.717, 1.165) is 25.9 Å². The highest BCUT2D eigenvalue weighted by molar-refractivity contribution is 5.82. The van der Waals surface area contributed by atoms with Crippen LogP contribution in [0.2, 0.25) is 0 Å². The zero-order valence-corrected chi connectivity index (χ0v) is 10.6. The van der Waals surface area contributed by atoms with Crippen molar-refractivity contribution in [1.82, 2.24) is 10.2 Å². The molecule has 0 aromatic carbocycles. The summed E-state index contributed by atoms with van der Waals surface area (Å²) in [6.07, 6.45) is 1.98. The normalized spacial score (nSPS) is 22.6. The van der Waals surface area contributed by atoms with Crippen molar-refractivity contribution in [3.05, 3.63) is 0 Å². The van der Waals surface area contributed by atoms with Crippen LogP contribution in [0.5, 0.6) is 0 Å². The Kier molecular flexibility index (Phi) is 4.74. The summed E-state index contributed by atoms with van der Waals surface area (Å²) in [4.78, 5) is 14.0. The SMILES string of the molecule is CCNC1CCCN(CC(C)(C)CO)C1=O. The van der Waals surface area contributed by atoms with Gasteiger partial charge in [-0.15, -0.1) is 0 Å². The third kappa shape index (κ3) is 3.46. The Morgan fingerprint density at radius 2 is 2.25 bits per heavy atom. The quantitative estimate of drug-likeness (QED) is 0.725. The first-order valence-electron chi connectivity index (χ1n) is 6.13. The summed E-state index contributed by atoms with van der Waals surface area (Å²) in [6.45, 7) is 8.39. The minimum absolute atomic E-state index is 0.0201. The second-order valence-electron chi connectivity index (χ2n) is 5.33. The number of amides is 1. The van der Waals surface area contributed by atoms with Gasteiger partial charge in [0.2, 0.25) is 5.91 Å². The molecule has 1 fully saturated rings. The lowest BCUT2D eigenvalue weighted by atomic mass is 9.92. The zero-order valence-electron chi connectivity index (χ0n) is 10.6. The monoisotopic (exact) mass is 228 g/mol. The van der Waals surface area contributed by atoms with Crippen LogP contribution in [-0.2, 0) is 4.79 Å². The molecule has 2 N–H and O–H groups in total. The molecule has 0 saturated carbocycles. The molecule has 4 nitrogen and oxygen atoms in total. The topological polar surface area (TPSA) is 52.6 Å². The standard InChI is InChI=1S/C12H24N2O2/c1-4-13-10-6-5-7-14(11(10)16)8-12(2,3)9-15/h10,13,15H,4-9H2,1-3H3. The highest BCUT2D eigenvalue weighted by Gasteiger charge is 2.31. The van der Waals surface area contributed by atoms with Crippen molar-refractivity contribution in [2.24, 2.45) is 5.41 Å². The van der Waals surface area contributed by atoms with Crippen molar-refractivity contribution in [1.29, 1.82) is 0 Å².